The Labute approximate surface area is 178 Å². The molecular weight excluding hydrogens is 402 g/mol. The number of nitrogens with one attached hydrogen (secondary N) is 1. The molecule has 0 aliphatic carbocycles. The number of nitrogens with zero attached hydrogens (tertiary/aromatic N) is 4. The van der Waals surface area contributed by atoms with Gasteiger partial charge in [0.1, 0.15) is 17.2 Å². The zero-order valence-corrected chi connectivity index (χ0v) is 17.6. The van der Waals surface area contributed by atoms with Crippen molar-refractivity contribution in [3.05, 3.63) is 46.7 Å². The number of benzene rings is 2. The second-order valence-corrected chi connectivity index (χ2v) is 7.97. The van der Waals surface area contributed by atoms with E-state index < -0.39 is 0 Å². The molecule has 1 aromatic heterocycles. The summed E-state index contributed by atoms with van der Waals surface area (Å²) in [6.07, 6.45) is 1.75. The Hall–Kier alpha value is -3.46. The number of likely N-dealkylation sites (N-methyl/N-ethyl adjacent to an activating group) is 1. The third kappa shape index (κ3) is 3.37. The van der Waals surface area contributed by atoms with Crippen LogP contribution in [0.5, 0.6) is 11.5 Å². The third-order valence-corrected chi connectivity index (χ3v) is 5.29. The predicted octanol–water partition coefficient (Wildman–Crippen LogP) is 3.15. The van der Waals surface area contributed by atoms with Gasteiger partial charge >= 0.3 is 5.91 Å². The molecule has 0 radical (unpaired) electrons. The van der Waals surface area contributed by atoms with Crippen molar-refractivity contribution in [1.29, 1.82) is 0 Å². The maximum Gasteiger partial charge on any atom is 0.355 e. The number of amides is 1. The van der Waals surface area contributed by atoms with Gasteiger partial charge in [0.25, 0.3) is 0 Å². The molecule has 154 valence electrons. The average molecular weight is 425 g/mol. The lowest BCUT2D eigenvalue weighted by Gasteiger charge is -2.14. The van der Waals surface area contributed by atoms with Crippen molar-refractivity contribution < 1.29 is 19.6 Å². The molecule has 0 saturated heterocycles. The number of phenolic OH excluding ortho intramolecular Hbond substituents is 2. The summed E-state index contributed by atoms with van der Waals surface area (Å²) in [6.45, 7) is 4.23. The van der Waals surface area contributed by atoms with Crippen LogP contribution in [0.2, 0.25) is 0 Å². The lowest BCUT2D eigenvalue weighted by molar-refractivity contribution is -0.474. The van der Waals surface area contributed by atoms with E-state index in [2.05, 4.69) is 10.2 Å². The highest BCUT2D eigenvalue weighted by atomic mass is 32.1. The normalized spacial score (nSPS) is 13.9. The fourth-order valence-electron chi connectivity index (χ4n) is 3.54. The van der Waals surface area contributed by atoms with Gasteiger partial charge in [-0.1, -0.05) is 19.9 Å². The summed E-state index contributed by atoms with van der Waals surface area (Å²) in [7, 11) is 1.84. The van der Waals surface area contributed by atoms with E-state index in [4.69, 9.17) is 12.2 Å². The van der Waals surface area contributed by atoms with E-state index in [0.29, 0.717) is 39.6 Å². The summed E-state index contributed by atoms with van der Waals surface area (Å²) in [6, 6.07) is 10.4. The standard InChI is InChI=1S/C21H21N5O3S/c1-12(2)15-8-16(18(28)9-17(15)27)20-22-23-21(30)26(20)14-6-4-5-13(7-14)25-11-24(3)10-19(25)29/h4-9,11-12H,10H2,1-3H3,(H2-,22,23,27,28,30)/p+1. The number of rotatable bonds is 4. The summed E-state index contributed by atoms with van der Waals surface area (Å²) in [5.41, 5.74) is 2.53. The number of H-pyrrole nitrogens is 1. The summed E-state index contributed by atoms with van der Waals surface area (Å²) < 4.78 is 3.85. The Balaban J connectivity index is 1.86. The number of aromatic nitrogens is 3. The molecular formula is C21H22N5O3S+. The number of hydrogen-bond acceptors (Lipinski definition) is 5. The van der Waals surface area contributed by atoms with Crippen molar-refractivity contribution in [1.82, 2.24) is 14.8 Å². The van der Waals surface area contributed by atoms with Crippen molar-refractivity contribution >= 4 is 30.2 Å². The molecule has 0 bridgehead atoms. The highest BCUT2D eigenvalue weighted by Crippen LogP contribution is 2.38. The number of phenols is 2. The topological polar surface area (TPSA) is 97.4 Å². The summed E-state index contributed by atoms with van der Waals surface area (Å²) in [4.78, 5) is 13.9. The van der Waals surface area contributed by atoms with E-state index in [1.54, 1.807) is 21.9 Å². The fourth-order valence-corrected chi connectivity index (χ4v) is 3.77. The van der Waals surface area contributed by atoms with Crippen LogP contribution in [0.25, 0.3) is 17.1 Å². The molecule has 0 unspecified atom stereocenters. The zero-order valence-electron chi connectivity index (χ0n) is 16.8. The van der Waals surface area contributed by atoms with Crippen molar-refractivity contribution in [3.8, 4) is 28.6 Å². The molecule has 1 aliphatic rings. The van der Waals surface area contributed by atoms with Gasteiger partial charge in [-0.25, -0.2) is 4.79 Å². The van der Waals surface area contributed by atoms with Crippen LogP contribution in [0, 0.1) is 4.77 Å². The van der Waals surface area contributed by atoms with Crippen LogP contribution in [0.3, 0.4) is 0 Å². The Bertz CT molecular complexity index is 1240. The minimum Gasteiger partial charge on any atom is -0.508 e. The summed E-state index contributed by atoms with van der Waals surface area (Å²) >= 11 is 5.45. The molecule has 8 nitrogen and oxygen atoms in total. The van der Waals surface area contributed by atoms with Crippen LogP contribution in [0.4, 0.5) is 5.69 Å². The van der Waals surface area contributed by atoms with E-state index in [9.17, 15) is 15.0 Å². The van der Waals surface area contributed by atoms with Crippen molar-refractivity contribution in [2.24, 2.45) is 0 Å². The van der Waals surface area contributed by atoms with E-state index in [0.717, 1.165) is 0 Å². The number of aromatic amines is 1. The monoisotopic (exact) mass is 424 g/mol. The van der Waals surface area contributed by atoms with Crippen LogP contribution < -0.4 is 4.90 Å². The second-order valence-electron chi connectivity index (χ2n) is 7.58. The van der Waals surface area contributed by atoms with E-state index in [-0.39, 0.29) is 23.3 Å². The molecule has 30 heavy (non-hydrogen) atoms. The first-order valence-corrected chi connectivity index (χ1v) is 9.88. The van der Waals surface area contributed by atoms with Crippen LogP contribution >= 0.6 is 12.2 Å². The third-order valence-electron chi connectivity index (χ3n) is 5.01. The molecule has 0 fully saturated rings. The molecule has 0 atom stereocenters. The number of anilines is 1. The van der Waals surface area contributed by atoms with Crippen molar-refractivity contribution in [2.75, 3.05) is 18.5 Å². The van der Waals surface area contributed by atoms with Gasteiger partial charge in [-0.3, -0.25) is 14.2 Å². The van der Waals surface area contributed by atoms with Crippen molar-refractivity contribution in [3.63, 3.8) is 0 Å². The minimum atomic E-state index is -0.104. The van der Waals surface area contributed by atoms with Gasteiger partial charge < -0.3 is 10.2 Å². The first-order chi connectivity index (χ1) is 14.3. The molecule has 9 heteroatoms. The van der Waals surface area contributed by atoms with Crippen LogP contribution in [0.1, 0.15) is 25.3 Å². The number of hydrogen-bond donors (Lipinski definition) is 3. The lowest BCUT2D eigenvalue weighted by atomic mass is 9.98. The minimum absolute atomic E-state index is 0.0246. The van der Waals surface area contributed by atoms with Gasteiger partial charge in [-0.15, -0.1) is 0 Å². The van der Waals surface area contributed by atoms with Gasteiger partial charge in [0.05, 0.1) is 18.3 Å². The molecule has 4 rings (SSSR count). The van der Waals surface area contributed by atoms with Crippen LogP contribution in [0.15, 0.2) is 36.4 Å². The maximum atomic E-state index is 12.3. The molecule has 1 aliphatic heterocycles. The average Bonchev–Trinajstić information content (AvgIpc) is 3.23. The number of aromatic hydroxyl groups is 2. The quantitative estimate of drug-likeness (QED) is 0.442. The molecule has 3 aromatic rings. The SMILES string of the molecule is CC(C)c1cc(-c2n[nH]c(=S)n2-c2cccc(N3C=[N+](C)CC3=O)c2)c(O)cc1O. The van der Waals surface area contributed by atoms with Crippen molar-refractivity contribution in [2.45, 2.75) is 19.8 Å². The van der Waals surface area contributed by atoms with Gasteiger partial charge in [0, 0.05) is 12.1 Å². The fraction of sp³-hybridized carbons (Fsp3) is 0.238. The van der Waals surface area contributed by atoms with Gasteiger partial charge in [-0.05, 0) is 41.9 Å². The molecule has 0 saturated carbocycles. The Kier molecular flexibility index (Phi) is 4.90. The second kappa shape index (κ2) is 7.42. The lowest BCUT2D eigenvalue weighted by Crippen LogP contribution is -2.25. The number of carbonyl (C=O) groups is 1. The Morgan fingerprint density at radius 2 is 1.90 bits per heavy atom. The molecule has 2 aromatic carbocycles. The van der Waals surface area contributed by atoms with E-state index in [1.807, 2.05) is 49.7 Å². The maximum absolute atomic E-state index is 12.3. The van der Waals surface area contributed by atoms with Gasteiger partial charge in [-0.2, -0.15) is 10.00 Å². The van der Waals surface area contributed by atoms with E-state index >= 15 is 0 Å². The van der Waals surface area contributed by atoms with E-state index in [1.165, 1.54) is 6.07 Å². The predicted molar refractivity (Wildman–Crippen MR) is 116 cm³/mol. The smallest absolute Gasteiger partial charge is 0.355 e. The first-order valence-electron chi connectivity index (χ1n) is 9.47. The molecule has 2 heterocycles. The first kappa shape index (κ1) is 19.8. The molecule has 0 spiro atoms. The summed E-state index contributed by atoms with van der Waals surface area (Å²) in [5.74, 6) is 0.361. The summed E-state index contributed by atoms with van der Waals surface area (Å²) in [5, 5.41) is 27.8. The van der Waals surface area contributed by atoms with Crippen LogP contribution in [-0.4, -0.2) is 55.4 Å². The Morgan fingerprint density at radius 1 is 1.17 bits per heavy atom. The Morgan fingerprint density at radius 3 is 2.57 bits per heavy atom. The van der Waals surface area contributed by atoms with Gasteiger partial charge in [0.15, 0.2) is 17.1 Å². The highest BCUT2D eigenvalue weighted by molar-refractivity contribution is 7.71. The van der Waals surface area contributed by atoms with Crippen LogP contribution in [-0.2, 0) is 4.79 Å². The van der Waals surface area contributed by atoms with Gasteiger partial charge in [0.2, 0.25) is 6.34 Å². The number of carbonyl (C=O) groups excluding carboxylic acids is 1. The molecule has 1 amide bonds. The zero-order chi connectivity index (χ0) is 21.6. The largest absolute Gasteiger partial charge is 0.508 e. The molecule has 3 N–H and O–H groups in total. The highest BCUT2D eigenvalue weighted by Gasteiger charge is 2.30.